The van der Waals surface area contributed by atoms with Crippen molar-refractivity contribution in [2.45, 2.75) is 6.42 Å². The van der Waals surface area contributed by atoms with Crippen LogP contribution in [0.5, 0.6) is 17.2 Å². The van der Waals surface area contributed by atoms with Crippen LogP contribution in [-0.2, 0) is 4.74 Å². The lowest BCUT2D eigenvalue weighted by Crippen LogP contribution is -2.37. The number of benzene rings is 2. The van der Waals surface area contributed by atoms with Crippen LogP contribution in [0.1, 0.15) is 16.8 Å². The van der Waals surface area contributed by atoms with Crippen molar-refractivity contribution in [2.75, 3.05) is 40.4 Å². The smallest absolute Gasteiger partial charge is 0.409 e. The van der Waals surface area contributed by atoms with Crippen molar-refractivity contribution in [3.05, 3.63) is 57.1 Å². The highest BCUT2D eigenvalue weighted by Gasteiger charge is 2.24. The second-order valence-electron chi connectivity index (χ2n) is 6.94. The Balaban J connectivity index is 1.79. The molecule has 0 saturated carbocycles. The van der Waals surface area contributed by atoms with Crippen LogP contribution in [0.4, 0.5) is 10.5 Å². The zero-order valence-electron chi connectivity index (χ0n) is 17.6. The Kier molecular flexibility index (Phi) is 7.37. The molecule has 10 nitrogen and oxygen atoms in total. The van der Waals surface area contributed by atoms with Crippen LogP contribution in [0.2, 0.25) is 5.02 Å². The van der Waals surface area contributed by atoms with E-state index in [0.29, 0.717) is 38.2 Å². The summed E-state index contributed by atoms with van der Waals surface area (Å²) in [5.74, 6) is 0.222. The van der Waals surface area contributed by atoms with Crippen LogP contribution in [0.25, 0.3) is 0 Å². The molecule has 0 aromatic heterocycles. The van der Waals surface area contributed by atoms with Crippen LogP contribution in [0.3, 0.4) is 0 Å². The molecule has 32 heavy (non-hydrogen) atoms. The topological polar surface area (TPSA) is 111 Å². The molecule has 0 N–H and O–H groups in total. The fraction of sp³-hybridized carbons (Fsp3) is 0.333. The Morgan fingerprint density at radius 3 is 2.34 bits per heavy atom. The number of carbonyl (C=O) groups is 2. The van der Waals surface area contributed by atoms with Crippen molar-refractivity contribution in [1.82, 2.24) is 9.80 Å². The molecule has 1 fully saturated rings. The number of hydrogen-bond acceptors (Lipinski definition) is 7. The number of carbonyl (C=O) groups excluding carboxylic acids is 2. The van der Waals surface area contributed by atoms with Gasteiger partial charge in [-0.15, -0.1) is 0 Å². The van der Waals surface area contributed by atoms with E-state index in [0.717, 1.165) is 0 Å². The Morgan fingerprint density at radius 1 is 0.969 bits per heavy atom. The number of rotatable bonds is 5. The maximum Gasteiger partial charge on any atom is 0.409 e. The molecule has 2 amide bonds. The summed E-state index contributed by atoms with van der Waals surface area (Å²) < 4.78 is 15.8. The van der Waals surface area contributed by atoms with Gasteiger partial charge in [0.1, 0.15) is 0 Å². The van der Waals surface area contributed by atoms with Crippen molar-refractivity contribution >= 4 is 29.3 Å². The number of nitro groups is 1. The minimum atomic E-state index is -0.595. The number of nitrogens with zero attached hydrogens (tertiary/aromatic N) is 3. The van der Waals surface area contributed by atoms with Crippen LogP contribution in [-0.4, -0.2) is 67.1 Å². The maximum atomic E-state index is 13.0. The number of ether oxygens (including phenoxy) is 3. The molecule has 2 aromatic carbocycles. The van der Waals surface area contributed by atoms with E-state index in [9.17, 15) is 19.7 Å². The van der Waals surface area contributed by atoms with Gasteiger partial charge in [-0.3, -0.25) is 14.9 Å². The van der Waals surface area contributed by atoms with Crippen molar-refractivity contribution in [3.8, 4) is 17.2 Å². The number of methoxy groups -OCH3 is 2. The Labute approximate surface area is 189 Å². The quantitative estimate of drug-likeness (QED) is 0.487. The summed E-state index contributed by atoms with van der Waals surface area (Å²) in [6, 6.07) is 8.66. The molecule has 0 radical (unpaired) electrons. The number of nitro benzene ring substituents is 1. The second-order valence-corrected chi connectivity index (χ2v) is 7.38. The zero-order valence-corrected chi connectivity index (χ0v) is 18.3. The van der Waals surface area contributed by atoms with Gasteiger partial charge in [-0.05, 0) is 36.8 Å². The normalized spacial score (nSPS) is 13.8. The summed E-state index contributed by atoms with van der Waals surface area (Å²) in [5.41, 5.74) is 0.0748. The lowest BCUT2D eigenvalue weighted by Gasteiger charge is -2.22. The van der Waals surface area contributed by atoms with Gasteiger partial charge in [-0.25, -0.2) is 4.79 Å². The lowest BCUT2D eigenvalue weighted by molar-refractivity contribution is -0.385. The highest BCUT2D eigenvalue weighted by molar-refractivity contribution is 6.30. The van der Waals surface area contributed by atoms with Gasteiger partial charge in [0.25, 0.3) is 5.91 Å². The van der Waals surface area contributed by atoms with Gasteiger partial charge < -0.3 is 24.0 Å². The molecule has 170 valence electrons. The minimum absolute atomic E-state index is 0.00723. The molecule has 1 aliphatic heterocycles. The Hall–Kier alpha value is -3.53. The summed E-state index contributed by atoms with van der Waals surface area (Å²) in [7, 11) is 2.73. The van der Waals surface area contributed by atoms with Gasteiger partial charge >= 0.3 is 11.8 Å². The van der Waals surface area contributed by atoms with Crippen molar-refractivity contribution < 1.29 is 28.7 Å². The summed E-state index contributed by atoms with van der Waals surface area (Å²) in [4.78, 5) is 38.7. The van der Waals surface area contributed by atoms with Gasteiger partial charge in [0, 0.05) is 42.8 Å². The van der Waals surface area contributed by atoms with E-state index in [-0.39, 0.29) is 33.9 Å². The first-order chi connectivity index (χ1) is 15.3. The van der Waals surface area contributed by atoms with E-state index < -0.39 is 11.0 Å². The van der Waals surface area contributed by atoms with E-state index in [1.54, 1.807) is 15.9 Å². The molecule has 0 spiro atoms. The zero-order chi connectivity index (χ0) is 23.3. The number of amides is 2. The van der Waals surface area contributed by atoms with Crippen LogP contribution in [0, 0.1) is 10.1 Å². The fourth-order valence-electron chi connectivity index (χ4n) is 3.34. The Morgan fingerprint density at radius 2 is 1.66 bits per heavy atom. The maximum absolute atomic E-state index is 13.0. The molecule has 2 aromatic rings. The lowest BCUT2D eigenvalue weighted by atomic mass is 10.1. The van der Waals surface area contributed by atoms with Gasteiger partial charge in [-0.1, -0.05) is 11.6 Å². The molecule has 0 bridgehead atoms. The highest BCUT2D eigenvalue weighted by atomic mass is 35.5. The monoisotopic (exact) mass is 463 g/mol. The molecular weight excluding hydrogens is 442 g/mol. The third-order valence-corrected chi connectivity index (χ3v) is 5.20. The van der Waals surface area contributed by atoms with Crippen LogP contribution >= 0.6 is 11.6 Å². The molecule has 1 saturated heterocycles. The number of hydrogen-bond donors (Lipinski definition) is 0. The van der Waals surface area contributed by atoms with E-state index in [1.807, 2.05) is 0 Å². The molecule has 0 aliphatic carbocycles. The van der Waals surface area contributed by atoms with Crippen molar-refractivity contribution in [2.24, 2.45) is 0 Å². The SMILES string of the molecule is COC(=O)N1CCCN(C(=O)c2ccc(Oc3ccc(Cl)cc3[N+](=O)[O-])c(OC)c2)CC1. The third-order valence-electron chi connectivity index (χ3n) is 4.96. The van der Waals surface area contributed by atoms with E-state index in [1.165, 1.54) is 44.6 Å². The predicted molar refractivity (Wildman–Crippen MR) is 116 cm³/mol. The fourth-order valence-corrected chi connectivity index (χ4v) is 3.50. The molecule has 0 atom stereocenters. The van der Waals surface area contributed by atoms with E-state index >= 15 is 0 Å². The summed E-state index contributed by atoms with van der Waals surface area (Å²) in [6.07, 6.45) is 0.207. The van der Waals surface area contributed by atoms with Crippen molar-refractivity contribution in [1.29, 1.82) is 0 Å². The first kappa shape index (κ1) is 23.1. The summed E-state index contributed by atoms with van der Waals surface area (Å²) in [6.45, 7) is 1.73. The third kappa shape index (κ3) is 5.20. The van der Waals surface area contributed by atoms with Crippen LogP contribution in [0.15, 0.2) is 36.4 Å². The van der Waals surface area contributed by atoms with Gasteiger partial charge in [0.15, 0.2) is 11.5 Å². The second kappa shape index (κ2) is 10.2. The van der Waals surface area contributed by atoms with Crippen molar-refractivity contribution in [3.63, 3.8) is 0 Å². The largest absolute Gasteiger partial charge is 0.493 e. The first-order valence-corrected chi connectivity index (χ1v) is 10.1. The van der Waals surface area contributed by atoms with Gasteiger partial charge in [0.2, 0.25) is 5.75 Å². The standard InChI is InChI=1S/C21H22ClN3O7/c1-30-19-12-14(20(26)23-8-3-9-24(11-10-23)21(27)31-2)4-6-18(19)32-17-7-5-15(22)13-16(17)25(28)29/h4-7,12-13H,3,8-11H2,1-2H3. The van der Waals surface area contributed by atoms with Gasteiger partial charge in [0.05, 0.1) is 19.1 Å². The summed E-state index contributed by atoms with van der Waals surface area (Å²) in [5, 5.41) is 11.5. The number of halogens is 1. The van der Waals surface area contributed by atoms with Crippen LogP contribution < -0.4 is 9.47 Å². The molecule has 0 unspecified atom stereocenters. The summed E-state index contributed by atoms with van der Waals surface area (Å²) >= 11 is 5.84. The average Bonchev–Trinajstić information content (AvgIpc) is 3.05. The average molecular weight is 464 g/mol. The predicted octanol–water partition coefficient (Wildman–Crippen LogP) is 3.96. The van der Waals surface area contributed by atoms with E-state index in [2.05, 4.69) is 0 Å². The molecular formula is C21H22ClN3O7. The van der Waals surface area contributed by atoms with E-state index in [4.69, 9.17) is 25.8 Å². The molecule has 1 aliphatic rings. The van der Waals surface area contributed by atoms with Gasteiger partial charge in [-0.2, -0.15) is 0 Å². The molecule has 11 heteroatoms. The molecule has 1 heterocycles. The first-order valence-electron chi connectivity index (χ1n) is 9.76. The Bertz CT molecular complexity index is 1030. The minimum Gasteiger partial charge on any atom is -0.493 e. The molecule has 3 rings (SSSR count). The highest BCUT2D eigenvalue weighted by Crippen LogP contribution is 2.38.